The van der Waals surface area contributed by atoms with Crippen molar-refractivity contribution < 1.29 is 23.8 Å². The van der Waals surface area contributed by atoms with Crippen LogP contribution in [-0.4, -0.2) is 50.3 Å². The van der Waals surface area contributed by atoms with Crippen LogP contribution in [0.25, 0.3) is 0 Å². The molecule has 0 amide bonds. The zero-order chi connectivity index (χ0) is 22.0. The van der Waals surface area contributed by atoms with Crippen LogP contribution >= 0.6 is 0 Å². The Morgan fingerprint density at radius 1 is 0.969 bits per heavy atom. The largest absolute Gasteiger partial charge is 0.392 e. The maximum atomic E-state index is 6.33. The third kappa shape index (κ3) is 2.88. The minimum absolute atomic E-state index is 0.0918. The Hall–Kier alpha value is -0.950. The number of rotatable bonds is 3. The molecule has 6 rings (SSSR count). The van der Waals surface area contributed by atoms with Crippen LogP contribution in [0, 0.1) is 34.5 Å². The third-order valence-corrected chi connectivity index (χ3v) is 10.5. The number of hydrogen-bond acceptors (Lipinski definition) is 6. The summed E-state index contributed by atoms with van der Waals surface area (Å²) >= 11 is 0. The van der Waals surface area contributed by atoms with E-state index >= 15 is 0 Å². The van der Waals surface area contributed by atoms with Gasteiger partial charge in [-0.1, -0.05) is 31.7 Å². The zero-order valence-electron chi connectivity index (χ0n) is 19.8. The van der Waals surface area contributed by atoms with Crippen molar-refractivity contribution in [2.75, 3.05) is 33.0 Å². The number of hydrogen-bond donors (Lipinski definition) is 0. The molecular weight excluding hydrogens is 406 g/mol. The summed E-state index contributed by atoms with van der Waals surface area (Å²) in [6, 6.07) is 0. The van der Waals surface area contributed by atoms with Gasteiger partial charge in [-0.25, -0.2) is 0 Å². The Morgan fingerprint density at radius 3 is 2.44 bits per heavy atom. The molecule has 6 fully saturated rings. The lowest BCUT2D eigenvalue weighted by Gasteiger charge is -2.62. The van der Waals surface area contributed by atoms with Crippen LogP contribution in [0.5, 0.6) is 0 Å². The molecule has 6 nitrogen and oxygen atoms in total. The second-order valence-electron chi connectivity index (χ2n) is 11.6. The minimum atomic E-state index is -0.414. The van der Waals surface area contributed by atoms with E-state index in [1.807, 2.05) is 0 Å². The van der Waals surface area contributed by atoms with Crippen molar-refractivity contribution >= 4 is 5.71 Å². The van der Waals surface area contributed by atoms with Crippen LogP contribution in [0.15, 0.2) is 17.8 Å². The summed E-state index contributed by atoms with van der Waals surface area (Å²) in [4.78, 5) is 5.72. The van der Waals surface area contributed by atoms with Gasteiger partial charge in [0.1, 0.15) is 6.61 Å². The first-order valence-corrected chi connectivity index (χ1v) is 12.8. The average Bonchev–Trinajstić information content (AvgIpc) is 3.51. The number of ether oxygens (including phenoxy) is 4. The smallest absolute Gasteiger partial charge is 0.174 e. The van der Waals surface area contributed by atoms with Crippen LogP contribution < -0.4 is 0 Å². The maximum absolute atomic E-state index is 6.33. The lowest BCUT2D eigenvalue weighted by atomic mass is 9.44. The molecule has 0 bridgehead atoms. The van der Waals surface area contributed by atoms with Crippen molar-refractivity contribution in [1.82, 2.24) is 0 Å². The topological polar surface area (TPSA) is 58.5 Å². The van der Waals surface area contributed by atoms with Crippen LogP contribution in [0.4, 0.5) is 0 Å². The highest BCUT2D eigenvalue weighted by atomic mass is 16.7. The summed E-state index contributed by atoms with van der Waals surface area (Å²) in [6.45, 7) is 12.1. The second kappa shape index (κ2) is 7.53. The van der Waals surface area contributed by atoms with Gasteiger partial charge in [0, 0.05) is 30.6 Å². The Labute approximate surface area is 192 Å². The molecule has 2 aliphatic heterocycles. The van der Waals surface area contributed by atoms with Gasteiger partial charge in [0.2, 0.25) is 0 Å². The van der Waals surface area contributed by atoms with Crippen LogP contribution in [0.3, 0.4) is 0 Å². The quantitative estimate of drug-likeness (QED) is 0.359. The Morgan fingerprint density at radius 2 is 1.69 bits per heavy atom. The third-order valence-electron chi connectivity index (χ3n) is 10.5. The molecule has 4 aliphatic carbocycles. The van der Waals surface area contributed by atoms with E-state index in [-0.39, 0.29) is 16.6 Å². The van der Waals surface area contributed by atoms with E-state index in [0.29, 0.717) is 43.5 Å². The Bertz CT molecular complexity index is 785. The van der Waals surface area contributed by atoms with Gasteiger partial charge in [0.05, 0.1) is 32.1 Å². The summed E-state index contributed by atoms with van der Waals surface area (Å²) in [5.41, 5.74) is 1.51. The highest BCUT2D eigenvalue weighted by Crippen LogP contribution is 2.69. The van der Waals surface area contributed by atoms with Crippen LogP contribution in [-0.2, 0) is 23.8 Å². The molecule has 0 radical (unpaired) electrons. The van der Waals surface area contributed by atoms with E-state index in [1.54, 1.807) is 6.08 Å². The van der Waals surface area contributed by atoms with Crippen molar-refractivity contribution in [2.45, 2.75) is 76.8 Å². The van der Waals surface area contributed by atoms with Crippen molar-refractivity contribution in [2.24, 2.45) is 39.7 Å². The summed E-state index contributed by atoms with van der Waals surface area (Å²) in [5.74, 6) is 1.48. The van der Waals surface area contributed by atoms with E-state index in [0.717, 1.165) is 45.3 Å². The summed E-state index contributed by atoms with van der Waals surface area (Å²) in [7, 11) is 0. The van der Waals surface area contributed by atoms with Gasteiger partial charge in [-0.15, -0.1) is 0 Å². The Kier molecular flexibility index (Phi) is 5.07. The average molecular weight is 446 g/mol. The molecular formula is C26H39NO5. The molecule has 32 heavy (non-hydrogen) atoms. The first kappa shape index (κ1) is 21.6. The van der Waals surface area contributed by atoms with Crippen molar-refractivity contribution in [1.29, 1.82) is 0 Å². The molecule has 2 heterocycles. The highest BCUT2D eigenvalue weighted by Gasteiger charge is 2.68. The van der Waals surface area contributed by atoms with Gasteiger partial charge >= 0.3 is 0 Å². The first-order chi connectivity index (χ1) is 15.5. The minimum Gasteiger partial charge on any atom is -0.392 e. The standard InChI is InChI=1S/C26H39NO5/c1-4-11-32-27-22-16-18-19(23(2)9-10-25(17-21(22)23)28-12-13-29-25)5-7-24(3)20(18)6-8-26(24)30-14-15-31-26/h4,18-21H,1,5-17H2,2-3H3/t18-,19+,20+,21?,23-,24+/m1/s1. The van der Waals surface area contributed by atoms with Gasteiger partial charge < -0.3 is 23.8 Å². The molecule has 178 valence electrons. The molecule has 4 saturated carbocycles. The van der Waals surface area contributed by atoms with Crippen LogP contribution in [0.1, 0.15) is 65.2 Å². The fourth-order valence-corrected chi connectivity index (χ4v) is 8.92. The number of nitrogens with zero attached hydrogens (tertiary/aromatic N) is 1. The van der Waals surface area contributed by atoms with E-state index < -0.39 is 5.79 Å². The molecule has 0 aromatic carbocycles. The predicted octanol–water partition coefficient (Wildman–Crippen LogP) is 4.68. The molecule has 6 heteroatoms. The van der Waals surface area contributed by atoms with E-state index in [1.165, 1.54) is 25.0 Å². The Balaban J connectivity index is 1.34. The molecule has 6 atom stereocenters. The van der Waals surface area contributed by atoms with E-state index in [2.05, 4.69) is 20.4 Å². The normalized spacial score (nSPS) is 47.4. The first-order valence-electron chi connectivity index (χ1n) is 12.8. The summed E-state index contributed by atoms with van der Waals surface area (Å²) in [5, 5.41) is 4.75. The van der Waals surface area contributed by atoms with E-state index in [4.69, 9.17) is 28.9 Å². The molecule has 0 aromatic rings. The van der Waals surface area contributed by atoms with Gasteiger partial charge in [0.25, 0.3) is 0 Å². The monoisotopic (exact) mass is 445 g/mol. The molecule has 1 unspecified atom stereocenters. The fraction of sp³-hybridized carbons (Fsp3) is 0.885. The zero-order valence-corrected chi connectivity index (χ0v) is 19.8. The summed E-state index contributed by atoms with van der Waals surface area (Å²) in [6.07, 6.45) is 10.5. The van der Waals surface area contributed by atoms with Gasteiger partial charge in [-0.2, -0.15) is 0 Å². The molecule has 6 aliphatic rings. The second-order valence-corrected chi connectivity index (χ2v) is 11.6. The molecule has 2 saturated heterocycles. The number of oxime groups is 1. The highest BCUT2D eigenvalue weighted by molar-refractivity contribution is 5.88. The SMILES string of the molecule is C=CCON=C1C[C@@H]2[C@H](CC[C@@]3(C)[C@H]2CCC32OCCO2)[C@@]2(C)CCC3(CC12)OCCO3. The van der Waals surface area contributed by atoms with Gasteiger partial charge in [-0.05, 0) is 55.3 Å². The molecule has 0 N–H and O–H groups in total. The maximum Gasteiger partial charge on any atom is 0.174 e. The van der Waals surface area contributed by atoms with Crippen molar-refractivity contribution in [3.63, 3.8) is 0 Å². The fourth-order valence-electron chi connectivity index (χ4n) is 8.92. The van der Waals surface area contributed by atoms with Crippen molar-refractivity contribution in [3.8, 4) is 0 Å². The molecule has 0 aromatic heterocycles. The lowest BCUT2D eigenvalue weighted by molar-refractivity contribution is -0.249. The van der Waals surface area contributed by atoms with Crippen LogP contribution in [0.2, 0.25) is 0 Å². The number of fused-ring (bicyclic) bond motifs is 6. The lowest BCUT2D eigenvalue weighted by Crippen LogP contribution is -2.60. The van der Waals surface area contributed by atoms with Gasteiger partial charge in [-0.3, -0.25) is 0 Å². The van der Waals surface area contributed by atoms with E-state index in [9.17, 15) is 0 Å². The van der Waals surface area contributed by atoms with Gasteiger partial charge in [0.15, 0.2) is 11.6 Å². The predicted molar refractivity (Wildman–Crippen MR) is 120 cm³/mol. The summed E-state index contributed by atoms with van der Waals surface area (Å²) < 4.78 is 25.0. The van der Waals surface area contributed by atoms with Crippen molar-refractivity contribution in [3.05, 3.63) is 12.7 Å². The molecule has 2 spiro atoms.